The Kier molecular flexibility index (Phi) is 5.88. The Bertz CT molecular complexity index is 1160. The van der Waals surface area contributed by atoms with Crippen molar-refractivity contribution in [1.29, 1.82) is 0 Å². The highest BCUT2D eigenvalue weighted by atomic mass is 15.5. The molecule has 0 spiro atoms. The SMILES string of the molecule is CN1CCN(C)C1=N/N=C/c1c2ccccc2c(/C=N/N=C2N(C)CCN2C)c2ccccc12. The first kappa shape index (κ1) is 21.9. The van der Waals surface area contributed by atoms with Gasteiger partial charge in [-0.25, -0.2) is 0 Å². The summed E-state index contributed by atoms with van der Waals surface area (Å²) in [5.41, 5.74) is 2.11. The number of nitrogens with zero attached hydrogens (tertiary/aromatic N) is 8. The highest BCUT2D eigenvalue weighted by Crippen LogP contribution is 2.31. The van der Waals surface area contributed by atoms with Crippen LogP contribution in [-0.2, 0) is 0 Å². The molecule has 0 amide bonds. The first-order valence-electron chi connectivity index (χ1n) is 11.5. The van der Waals surface area contributed by atoms with Crippen LogP contribution in [0.5, 0.6) is 0 Å². The Balaban J connectivity index is 1.62. The molecule has 8 nitrogen and oxygen atoms in total. The average Bonchev–Trinajstić information content (AvgIpc) is 3.35. The van der Waals surface area contributed by atoms with Gasteiger partial charge in [-0.1, -0.05) is 48.5 Å². The van der Waals surface area contributed by atoms with Crippen molar-refractivity contribution >= 4 is 45.9 Å². The molecular weight excluding hydrogens is 424 g/mol. The number of rotatable bonds is 4. The second-order valence-electron chi connectivity index (χ2n) is 8.89. The van der Waals surface area contributed by atoms with Gasteiger partial charge in [-0.05, 0) is 21.5 Å². The standard InChI is InChI=1S/C26H30N8/c1-31-13-14-32(2)25(31)29-27-17-23-19-9-5-7-11-21(19)24(22-12-8-6-10-20(22)23)18-28-30-26-33(3)15-16-34(26)4/h5-12,17-18H,13-16H2,1-4H3/b27-17+,28-18+. The first-order valence-corrected chi connectivity index (χ1v) is 11.5. The van der Waals surface area contributed by atoms with Gasteiger partial charge < -0.3 is 19.6 Å². The van der Waals surface area contributed by atoms with E-state index >= 15 is 0 Å². The molecule has 0 aliphatic carbocycles. The van der Waals surface area contributed by atoms with Crippen LogP contribution in [0.3, 0.4) is 0 Å². The molecule has 34 heavy (non-hydrogen) atoms. The minimum absolute atomic E-state index is 0.884. The van der Waals surface area contributed by atoms with Gasteiger partial charge in [0.2, 0.25) is 11.9 Å². The molecule has 0 aromatic heterocycles. The number of fused-ring (bicyclic) bond motifs is 2. The quantitative estimate of drug-likeness (QED) is 0.345. The van der Waals surface area contributed by atoms with E-state index in [1.807, 2.05) is 40.6 Å². The zero-order chi connectivity index (χ0) is 23.7. The van der Waals surface area contributed by atoms with Crippen LogP contribution in [-0.4, -0.2) is 98.3 Å². The highest BCUT2D eigenvalue weighted by molar-refractivity contribution is 6.21. The van der Waals surface area contributed by atoms with E-state index in [2.05, 4.69) is 88.5 Å². The second kappa shape index (κ2) is 9.13. The molecule has 3 aromatic rings. The van der Waals surface area contributed by atoms with Crippen LogP contribution in [0.1, 0.15) is 11.1 Å². The smallest absolute Gasteiger partial charge is 0.221 e. The van der Waals surface area contributed by atoms with Gasteiger partial charge in [0.15, 0.2) is 0 Å². The Morgan fingerprint density at radius 1 is 0.529 bits per heavy atom. The predicted octanol–water partition coefficient (Wildman–Crippen LogP) is 3.13. The van der Waals surface area contributed by atoms with Gasteiger partial charge in [-0.3, -0.25) is 0 Å². The molecule has 0 bridgehead atoms. The van der Waals surface area contributed by atoms with E-state index in [9.17, 15) is 0 Å². The lowest BCUT2D eigenvalue weighted by molar-refractivity contribution is 0.553. The molecule has 2 heterocycles. The highest BCUT2D eigenvalue weighted by Gasteiger charge is 2.20. The number of hydrogen-bond acceptors (Lipinski definition) is 4. The zero-order valence-electron chi connectivity index (χ0n) is 20.2. The molecule has 3 aromatic carbocycles. The normalized spacial score (nSPS) is 16.9. The largest absolute Gasteiger partial charge is 0.343 e. The summed E-state index contributed by atoms with van der Waals surface area (Å²) in [6.45, 7) is 3.84. The fourth-order valence-corrected chi connectivity index (χ4v) is 4.64. The molecule has 5 rings (SSSR count). The summed E-state index contributed by atoms with van der Waals surface area (Å²) in [4.78, 5) is 8.48. The predicted molar refractivity (Wildman–Crippen MR) is 142 cm³/mol. The van der Waals surface area contributed by atoms with E-state index < -0.39 is 0 Å². The van der Waals surface area contributed by atoms with Gasteiger partial charge in [0.05, 0.1) is 12.4 Å². The molecule has 2 fully saturated rings. The van der Waals surface area contributed by atoms with E-state index in [4.69, 9.17) is 0 Å². The molecule has 2 aliphatic heterocycles. The summed E-state index contributed by atoms with van der Waals surface area (Å²) >= 11 is 0. The molecule has 174 valence electrons. The van der Waals surface area contributed by atoms with Crippen LogP contribution >= 0.6 is 0 Å². The Morgan fingerprint density at radius 2 is 0.824 bits per heavy atom. The van der Waals surface area contributed by atoms with Crippen molar-refractivity contribution < 1.29 is 0 Å². The molecule has 0 saturated carbocycles. The summed E-state index contributed by atoms with van der Waals surface area (Å²) in [6.07, 6.45) is 3.75. The van der Waals surface area contributed by atoms with Crippen LogP contribution in [0.2, 0.25) is 0 Å². The molecule has 0 unspecified atom stereocenters. The van der Waals surface area contributed by atoms with E-state index in [1.165, 1.54) is 0 Å². The van der Waals surface area contributed by atoms with Crippen LogP contribution in [0.4, 0.5) is 0 Å². The summed E-state index contributed by atoms with van der Waals surface area (Å²) in [7, 11) is 8.17. The Hall–Kier alpha value is -3.94. The summed E-state index contributed by atoms with van der Waals surface area (Å²) in [6, 6.07) is 16.8. The lowest BCUT2D eigenvalue weighted by Crippen LogP contribution is -2.27. The number of benzene rings is 3. The van der Waals surface area contributed by atoms with E-state index in [0.29, 0.717) is 0 Å². The molecule has 0 N–H and O–H groups in total. The molecule has 8 heteroatoms. The van der Waals surface area contributed by atoms with Gasteiger partial charge >= 0.3 is 0 Å². The third kappa shape index (κ3) is 3.96. The average molecular weight is 455 g/mol. The third-order valence-electron chi connectivity index (χ3n) is 6.59. The molecule has 2 saturated heterocycles. The van der Waals surface area contributed by atoms with E-state index in [1.54, 1.807) is 0 Å². The third-order valence-corrected chi connectivity index (χ3v) is 6.59. The number of guanidine groups is 2. The maximum atomic E-state index is 4.51. The van der Waals surface area contributed by atoms with Crippen LogP contribution < -0.4 is 0 Å². The van der Waals surface area contributed by atoms with Crippen molar-refractivity contribution in [2.75, 3.05) is 54.4 Å². The number of likely N-dealkylation sites (N-methyl/N-ethyl adjacent to an activating group) is 4. The van der Waals surface area contributed by atoms with Crippen LogP contribution in [0.15, 0.2) is 68.9 Å². The summed E-state index contributed by atoms with van der Waals surface area (Å²) in [5, 5.41) is 22.5. The van der Waals surface area contributed by atoms with E-state index in [0.717, 1.165) is 70.8 Å². The van der Waals surface area contributed by atoms with Crippen molar-refractivity contribution in [2.24, 2.45) is 20.4 Å². The van der Waals surface area contributed by atoms with Gasteiger partial charge in [-0.15, -0.1) is 10.2 Å². The van der Waals surface area contributed by atoms with Gasteiger partial charge in [0.1, 0.15) is 0 Å². The maximum absolute atomic E-state index is 4.51. The second-order valence-corrected chi connectivity index (χ2v) is 8.89. The fourth-order valence-electron chi connectivity index (χ4n) is 4.64. The molecule has 0 radical (unpaired) electrons. The van der Waals surface area contributed by atoms with Crippen molar-refractivity contribution in [3.63, 3.8) is 0 Å². The lowest BCUT2D eigenvalue weighted by atomic mass is 9.92. The maximum Gasteiger partial charge on any atom is 0.221 e. The Morgan fingerprint density at radius 3 is 1.12 bits per heavy atom. The van der Waals surface area contributed by atoms with Crippen molar-refractivity contribution in [1.82, 2.24) is 19.6 Å². The van der Waals surface area contributed by atoms with Crippen molar-refractivity contribution in [2.45, 2.75) is 0 Å². The fraction of sp³-hybridized carbons (Fsp3) is 0.308. The topological polar surface area (TPSA) is 62.4 Å². The zero-order valence-corrected chi connectivity index (χ0v) is 20.2. The summed E-state index contributed by atoms with van der Waals surface area (Å²) < 4.78 is 0. The van der Waals surface area contributed by atoms with Crippen LogP contribution in [0, 0.1) is 0 Å². The van der Waals surface area contributed by atoms with Crippen LogP contribution in [0.25, 0.3) is 21.5 Å². The van der Waals surface area contributed by atoms with Crippen molar-refractivity contribution in [3.8, 4) is 0 Å². The summed E-state index contributed by atoms with van der Waals surface area (Å²) in [5.74, 6) is 1.77. The molecule has 2 aliphatic rings. The van der Waals surface area contributed by atoms with Gasteiger partial charge in [0.25, 0.3) is 0 Å². The van der Waals surface area contributed by atoms with E-state index in [-0.39, 0.29) is 0 Å². The number of hydrogen-bond donors (Lipinski definition) is 0. The monoisotopic (exact) mass is 454 g/mol. The lowest BCUT2D eigenvalue weighted by Gasteiger charge is -2.14. The molecule has 0 atom stereocenters. The minimum Gasteiger partial charge on any atom is -0.343 e. The van der Waals surface area contributed by atoms with Gasteiger partial charge in [-0.2, -0.15) is 10.2 Å². The van der Waals surface area contributed by atoms with Crippen molar-refractivity contribution in [3.05, 3.63) is 59.7 Å². The Labute approximate surface area is 200 Å². The molecular formula is C26H30N8. The van der Waals surface area contributed by atoms with Gasteiger partial charge in [0, 0.05) is 65.5 Å². The minimum atomic E-state index is 0.884. The first-order chi connectivity index (χ1) is 16.5.